The first-order valence-corrected chi connectivity index (χ1v) is 10.7. The third kappa shape index (κ3) is 3.54. The lowest BCUT2D eigenvalue weighted by Crippen LogP contribution is -2.54. The number of piperazine rings is 1. The monoisotopic (exact) mass is 407 g/mol. The van der Waals surface area contributed by atoms with Gasteiger partial charge in [0.1, 0.15) is 0 Å². The second-order valence-electron chi connectivity index (χ2n) is 6.61. The number of fused-ring (bicyclic) bond motifs is 1. The molecule has 1 aliphatic heterocycles. The van der Waals surface area contributed by atoms with Crippen molar-refractivity contribution in [2.75, 3.05) is 39.3 Å². The summed E-state index contributed by atoms with van der Waals surface area (Å²) in [7, 11) is -2.00. The molecule has 1 amide bonds. The molecule has 9 nitrogen and oxygen atoms in total. The van der Waals surface area contributed by atoms with Crippen molar-refractivity contribution < 1.29 is 13.2 Å². The molecule has 0 unspecified atom stereocenters. The summed E-state index contributed by atoms with van der Waals surface area (Å²) < 4.78 is 29.3. The number of amides is 1. The van der Waals surface area contributed by atoms with E-state index in [1.54, 1.807) is 43.0 Å². The standard InChI is InChI=1S/C18H25N5O4S/c1-4-22(5-2)28(26,27)23-12-10-21(11-13-23)18(25)16-14-8-6-7-9-15(14)17(24)20(3)19-16/h6-9H,4-5,10-13H2,1-3H3. The molecule has 0 atom stereocenters. The Morgan fingerprint density at radius 1 is 1.07 bits per heavy atom. The quantitative estimate of drug-likeness (QED) is 0.709. The third-order valence-electron chi connectivity index (χ3n) is 5.04. The minimum atomic E-state index is -3.52. The zero-order valence-electron chi connectivity index (χ0n) is 16.3. The molecule has 2 aromatic rings. The maximum atomic E-state index is 13.0. The molecule has 0 bridgehead atoms. The van der Waals surface area contributed by atoms with Gasteiger partial charge in [-0.1, -0.05) is 32.0 Å². The van der Waals surface area contributed by atoms with Crippen molar-refractivity contribution in [1.82, 2.24) is 23.3 Å². The second kappa shape index (κ2) is 7.98. The summed E-state index contributed by atoms with van der Waals surface area (Å²) >= 11 is 0. The van der Waals surface area contributed by atoms with Crippen molar-refractivity contribution in [2.45, 2.75) is 13.8 Å². The summed E-state index contributed by atoms with van der Waals surface area (Å²) in [6.45, 7) is 5.44. The van der Waals surface area contributed by atoms with Crippen LogP contribution < -0.4 is 5.56 Å². The molecule has 3 rings (SSSR count). The van der Waals surface area contributed by atoms with Crippen LogP contribution in [0.15, 0.2) is 29.1 Å². The van der Waals surface area contributed by atoms with Crippen molar-refractivity contribution in [1.29, 1.82) is 0 Å². The van der Waals surface area contributed by atoms with Crippen LogP contribution >= 0.6 is 0 Å². The smallest absolute Gasteiger partial charge is 0.282 e. The Hall–Kier alpha value is -2.30. The van der Waals surface area contributed by atoms with Crippen molar-refractivity contribution in [2.24, 2.45) is 7.05 Å². The number of aromatic nitrogens is 2. The van der Waals surface area contributed by atoms with Gasteiger partial charge < -0.3 is 4.90 Å². The largest absolute Gasteiger partial charge is 0.335 e. The Labute approximate surface area is 164 Å². The SMILES string of the molecule is CCN(CC)S(=O)(=O)N1CCN(C(=O)c2nn(C)c(=O)c3ccccc23)CC1. The van der Waals surface area contributed by atoms with E-state index >= 15 is 0 Å². The van der Waals surface area contributed by atoms with Gasteiger partial charge in [0.2, 0.25) is 0 Å². The van der Waals surface area contributed by atoms with Crippen LogP contribution in [0.1, 0.15) is 24.3 Å². The minimum absolute atomic E-state index is 0.206. The molecule has 0 radical (unpaired) electrons. The Morgan fingerprint density at radius 2 is 1.64 bits per heavy atom. The lowest BCUT2D eigenvalue weighted by molar-refractivity contribution is 0.0688. The van der Waals surface area contributed by atoms with Crippen LogP contribution in [0, 0.1) is 0 Å². The number of hydrogen-bond donors (Lipinski definition) is 0. The van der Waals surface area contributed by atoms with E-state index in [-0.39, 0.29) is 43.3 Å². The van der Waals surface area contributed by atoms with Crippen LogP contribution in [0.5, 0.6) is 0 Å². The number of aryl methyl sites for hydroxylation is 1. The first kappa shape index (κ1) is 20.4. The number of rotatable bonds is 5. The van der Waals surface area contributed by atoms with Crippen LogP contribution in [-0.2, 0) is 17.3 Å². The van der Waals surface area contributed by atoms with Crippen LogP contribution in [0.2, 0.25) is 0 Å². The van der Waals surface area contributed by atoms with Gasteiger partial charge in [-0.25, -0.2) is 4.68 Å². The van der Waals surface area contributed by atoms with E-state index in [2.05, 4.69) is 5.10 Å². The number of nitrogens with zero attached hydrogens (tertiary/aromatic N) is 5. The Morgan fingerprint density at radius 3 is 2.21 bits per heavy atom. The highest BCUT2D eigenvalue weighted by Gasteiger charge is 2.33. The Bertz CT molecular complexity index is 1040. The van der Waals surface area contributed by atoms with E-state index in [0.717, 1.165) is 4.68 Å². The van der Waals surface area contributed by atoms with Gasteiger partial charge in [0.15, 0.2) is 5.69 Å². The van der Waals surface area contributed by atoms with E-state index in [0.29, 0.717) is 23.9 Å². The summed E-state index contributed by atoms with van der Waals surface area (Å²) in [5, 5.41) is 5.12. The van der Waals surface area contributed by atoms with Crippen LogP contribution in [0.25, 0.3) is 10.8 Å². The van der Waals surface area contributed by atoms with E-state index in [1.165, 1.54) is 15.7 Å². The molecule has 152 valence electrons. The highest BCUT2D eigenvalue weighted by molar-refractivity contribution is 7.86. The first-order chi connectivity index (χ1) is 13.3. The molecule has 10 heteroatoms. The summed E-state index contributed by atoms with van der Waals surface area (Å²) in [6.07, 6.45) is 0. The lowest BCUT2D eigenvalue weighted by atomic mass is 10.1. The first-order valence-electron chi connectivity index (χ1n) is 9.31. The minimum Gasteiger partial charge on any atom is -0.335 e. The number of hydrogen-bond acceptors (Lipinski definition) is 5. The van der Waals surface area contributed by atoms with Gasteiger partial charge in [0.05, 0.1) is 5.39 Å². The molecule has 1 aromatic heterocycles. The molecular weight excluding hydrogens is 382 g/mol. The van der Waals surface area contributed by atoms with Gasteiger partial charge in [0.25, 0.3) is 21.7 Å². The third-order valence-corrected chi connectivity index (χ3v) is 7.23. The fourth-order valence-corrected chi connectivity index (χ4v) is 5.05. The van der Waals surface area contributed by atoms with Gasteiger partial charge >= 0.3 is 0 Å². The lowest BCUT2D eigenvalue weighted by Gasteiger charge is -2.36. The van der Waals surface area contributed by atoms with Crippen molar-refractivity contribution in [3.05, 3.63) is 40.3 Å². The molecule has 0 spiro atoms. The van der Waals surface area contributed by atoms with E-state index in [1.807, 2.05) is 0 Å². The second-order valence-corrected chi connectivity index (χ2v) is 8.53. The molecule has 1 aliphatic rings. The van der Waals surface area contributed by atoms with E-state index in [4.69, 9.17) is 0 Å². The number of carbonyl (C=O) groups is 1. The van der Waals surface area contributed by atoms with Gasteiger partial charge in [-0.2, -0.15) is 22.1 Å². The highest BCUT2D eigenvalue weighted by Crippen LogP contribution is 2.18. The number of benzene rings is 1. The summed E-state index contributed by atoms with van der Waals surface area (Å²) in [5.41, 5.74) is -0.0555. The average molecular weight is 407 g/mol. The average Bonchev–Trinajstić information content (AvgIpc) is 2.71. The summed E-state index contributed by atoms with van der Waals surface area (Å²) in [5.74, 6) is -0.299. The van der Waals surface area contributed by atoms with E-state index < -0.39 is 10.2 Å². The summed E-state index contributed by atoms with van der Waals surface area (Å²) in [4.78, 5) is 26.9. The highest BCUT2D eigenvalue weighted by atomic mass is 32.2. The predicted molar refractivity (Wildman–Crippen MR) is 106 cm³/mol. The molecule has 0 saturated carbocycles. The van der Waals surface area contributed by atoms with Gasteiger partial charge in [0, 0.05) is 51.7 Å². The Kier molecular flexibility index (Phi) is 5.82. The normalized spacial score (nSPS) is 16.1. The molecule has 2 heterocycles. The zero-order chi connectivity index (χ0) is 20.5. The number of carbonyl (C=O) groups excluding carboxylic acids is 1. The molecule has 0 N–H and O–H groups in total. The maximum absolute atomic E-state index is 13.0. The zero-order valence-corrected chi connectivity index (χ0v) is 17.1. The molecule has 1 fully saturated rings. The predicted octanol–water partition coefficient (Wildman–Crippen LogP) is 0.278. The van der Waals surface area contributed by atoms with Gasteiger partial charge in [-0.3, -0.25) is 9.59 Å². The van der Waals surface area contributed by atoms with Crippen LogP contribution in [0.3, 0.4) is 0 Å². The van der Waals surface area contributed by atoms with E-state index in [9.17, 15) is 18.0 Å². The van der Waals surface area contributed by atoms with Crippen LogP contribution in [0.4, 0.5) is 0 Å². The maximum Gasteiger partial charge on any atom is 0.282 e. The van der Waals surface area contributed by atoms with Gasteiger partial charge in [-0.05, 0) is 6.07 Å². The summed E-state index contributed by atoms with van der Waals surface area (Å²) in [6, 6.07) is 6.88. The topological polar surface area (TPSA) is 95.8 Å². The van der Waals surface area contributed by atoms with Crippen molar-refractivity contribution >= 4 is 26.9 Å². The fraction of sp³-hybridized carbons (Fsp3) is 0.500. The molecule has 28 heavy (non-hydrogen) atoms. The van der Waals surface area contributed by atoms with Crippen molar-refractivity contribution in [3.63, 3.8) is 0 Å². The molecule has 1 aromatic carbocycles. The molecular formula is C18H25N5O4S. The molecule has 1 saturated heterocycles. The van der Waals surface area contributed by atoms with Crippen LogP contribution in [-0.4, -0.2) is 76.9 Å². The fourth-order valence-electron chi connectivity index (χ4n) is 3.44. The molecule has 0 aliphatic carbocycles. The van der Waals surface area contributed by atoms with Crippen molar-refractivity contribution in [3.8, 4) is 0 Å². The Balaban J connectivity index is 1.83. The van der Waals surface area contributed by atoms with Gasteiger partial charge in [-0.15, -0.1) is 0 Å².